The maximum Gasteiger partial charge on any atom is 0.0541 e. The number of rotatable bonds is 4. The highest BCUT2D eigenvalue weighted by Crippen LogP contribution is 2.46. The fourth-order valence-corrected chi connectivity index (χ4v) is 8.91. The molecule has 0 aliphatic carbocycles. The second-order valence-corrected chi connectivity index (χ2v) is 14.0. The Hall–Kier alpha value is -6.96. The first-order valence-electron chi connectivity index (χ1n) is 18.4. The third-order valence-corrected chi connectivity index (χ3v) is 11.2. The molecule has 1 aromatic heterocycles. The summed E-state index contributed by atoms with van der Waals surface area (Å²) in [6, 6.07) is 73.5. The molecule has 0 unspecified atom stereocenters. The van der Waals surface area contributed by atoms with Crippen LogP contribution in [0.2, 0.25) is 0 Å². The zero-order chi connectivity index (χ0) is 34.9. The van der Waals surface area contributed by atoms with Crippen molar-refractivity contribution < 1.29 is 0 Å². The smallest absolute Gasteiger partial charge is 0.0541 e. The molecule has 11 aromatic rings. The van der Waals surface area contributed by atoms with Gasteiger partial charge in [0.1, 0.15) is 0 Å². The Bertz CT molecular complexity index is 3160. The zero-order valence-corrected chi connectivity index (χ0v) is 29.0. The van der Waals surface area contributed by atoms with Crippen molar-refractivity contribution in [2.24, 2.45) is 0 Å². The summed E-state index contributed by atoms with van der Waals surface area (Å²) in [7, 11) is 0. The van der Waals surface area contributed by atoms with Crippen LogP contribution in [0, 0.1) is 0 Å². The van der Waals surface area contributed by atoms with Crippen LogP contribution in [0.25, 0.3) is 104 Å². The normalized spacial score (nSPS) is 11.8. The van der Waals surface area contributed by atoms with Crippen LogP contribution in [0.1, 0.15) is 0 Å². The summed E-state index contributed by atoms with van der Waals surface area (Å²) in [5.74, 6) is 0. The average molecular weight is 672 g/mol. The van der Waals surface area contributed by atoms with Gasteiger partial charge in [0.25, 0.3) is 0 Å². The number of benzene rings is 10. The van der Waals surface area contributed by atoms with Crippen LogP contribution in [0.3, 0.4) is 0 Å². The first-order valence-corrected chi connectivity index (χ1v) is 18.4. The molecule has 0 radical (unpaired) electrons. The molecule has 0 atom stereocenters. The van der Waals surface area contributed by atoms with Crippen molar-refractivity contribution >= 4 is 64.9 Å². The zero-order valence-electron chi connectivity index (χ0n) is 29.0. The maximum absolute atomic E-state index is 2.47. The molecular weight excluding hydrogens is 639 g/mol. The van der Waals surface area contributed by atoms with Crippen molar-refractivity contribution in [3.05, 3.63) is 200 Å². The fraction of sp³-hybridized carbons (Fsp3) is 0. The lowest BCUT2D eigenvalue weighted by Crippen LogP contribution is -1.97. The van der Waals surface area contributed by atoms with E-state index in [2.05, 4.69) is 205 Å². The van der Waals surface area contributed by atoms with Gasteiger partial charge in [-0.1, -0.05) is 176 Å². The highest BCUT2D eigenvalue weighted by molar-refractivity contribution is 6.24. The van der Waals surface area contributed by atoms with E-state index in [1.807, 2.05) is 0 Å². The van der Waals surface area contributed by atoms with Gasteiger partial charge < -0.3 is 4.57 Å². The van der Waals surface area contributed by atoms with E-state index in [4.69, 9.17) is 0 Å². The van der Waals surface area contributed by atoms with Crippen molar-refractivity contribution in [1.29, 1.82) is 0 Å². The molecule has 1 nitrogen and oxygen atoms in total. The van der Waals surface area contributed by atoms with Crippen molar-refractivity contribution in [2.75, 3.05) is 0 Å². The summed E-state index contributed by atoms with van der Waals surface area (Å²) in [6.07, 6.45) is 0. The Morgan fingerprint density at radius 1 is 0.264 bits per heavy atom. The number of nitrogens with zero attached hydrogens (tertiary/aromatic N) is 1. The topological polar surface area (TPSA) is 4.93 Å². The van der Waals surface area contributed by atoms with E-state index in [9.17, 15) is 0 Å². The van der Waals surface area contributed by atoms with Crippen LogP contribution in [-0.4, -0.2) is 4.57 Å². The van der Waals surface area contributed by atoms with E-state index < -0.39 is 0 Å². The molecule has 0 spiro atoms. The first-order chi connectivity index (χ1) is 26.3. The Labute approximate surface area is 307 Å². The average Bonchev–Trinajstić information content (AvgIpc) is 3.56. The van der Waals surface area contributed by atoms with Gasteiger partial charge in [-0.15, -0.1) is 0 Å². The van der Waals surface area contributed by atoms with Gasteiger partial charge in [-0.2, -0.15) is 0 Å². The lowest BCUT2D eigenvalue weighted by Gasteiger charge is -2.20. The molecule has 0 aliphatic heterocycles. The number of fused-ring (bicyclic) bond motifs is 7. The number of para-hydroxylation sites is 1. The second-order valence-electron chi connectivity index (χ2n) is 14.0. The van der Waals surface area contributed by atoms with E-state index in [0.717, 1.165) is 0 Å². The molecule has 53 heavy (non-hydrogen) atoms. The van der Waals surface area contributed by atoms with E-state index >= 15 is 0 Å². The van der Waals surface area contributed by atoms with Gasteiger partial charge >= 0.3 is 0 Å². The summed E-state index contributed by atoms with van der Waals surface area (Å²) in [4.78, 5) is 0. The minimum Gasteiger partial charge on any atom is -0.309 e. The third-order valence-electron chi connectivity index (χ3n) is 11.2. The first kappa shape index (κ1) is 29.7. The summed E-state index contributed by atoms with van der Waals surface area (Å²) in [5, 5.41) is 12.6. The summed E-state index contributed by atoms with van der Waals surface area (Å²) < 4.78 is 2.47. The summed E-state index contributed by atoms with van der Waals surface area (Å²) in [6.45, 7) is 0. The van der Waals surface area contributed by atoms with Crippen LogP contribution >= 0.6 is 0 Å². The quantitative estimate of drug-likeness (QED) is 0.164. The highest BCUT2D eigenvalue weighted by atomic mass is 15.0. The van der Waals surface area contributed by atoms with Crippen molar-refractivity contribution in [2.45, 2.75) is 0 Å². The minimum absolute atomic E-state index is 1.18. The van der Waals surface area contributed by atoms with E-state index in [-0.39, 0.29) is 0 Å². The van der Waals surface area contributed by atoms with Crippen molar-refractivity contribution in [1.82, 2.24) is 4.57 Å². The van der Waals surface area contributed by atoms with Crippen LogP contribution in [0.15, 0.2) is 200 Å². The largest absolute Gasteiger partial charge is 0.309 e. The summed E-state index contributed by atoms with van der Waals surface area (Å²) >= 11 is 0. The molecule has 246 valence electrons. The Balaban J connectivity index is 1.18. The summed E-state index contributed by atoms with van der Waals surface area (Å²) in [5.41, 5.74) is 11.1. The van der Waals surface area contributed by atoms with Crippen LogP contribution in [0.4, 0.5) is 0 Å². The molecule has 0 bridgehead atoms. The van der Waals surface area contributed by atoms with E-state index in [0.29, 0.717) is 0 Å². The highest BCUT2D eigenvalue weighted by Gasteiger charge is 2.20. The van der Waals surface area contributed by atoms with Gasteiger partial charge in [0.15, 0.2) is 0 Å². The monoisotopic (exact) mass is 671 g/mol. The molecule has 11 rings (SSSR count). The molecule has 0 fully saturated rings. The van der Waals surface area contributed by atoms with Crippen molar-refractivity contribution in [3.63, 3.8) is 0 Å². The Morgan fingerprint density at radius 2 is 0.811 bits per heavy atom. The predicted octanol–water partition coefficient (Wildman–Crippen LogP) is 14.4. The second kappa shape index (κ2) is 11.8. The molecule has 0 N–H and O–H groups in total. The molecule has 10 aromatic carbocycles. The van der Waals surface area contributed by atoms with E-state index in [1.165, 1.54) is 104 Å². The van der Waals surface area contributed by atoms with E-state index in [1.54, 1.807) is 0 Å². The van der Waals surface area contributed by atoms with Gasteiger partial charge in [0, 0.05) is 16.2 Å². The Morgan fingerprint density at radius 3 is 1.55 bits per heavy atom. The molecule has 0 saturated carbocycles. The molecule has 0 aliphatic rings. The van der Waals surface area contributed by atoms with Crippen LogP contribution < -0.4 is 0 Å². The lowest BCUT2D eigenvalue weighted by atomic mass is 9.84. The third kappa shape index (κ3) is 4.51. The standard InChI is InChI=1S/C52H33N/c1-2-16-35(17-3-1)51-42-23-8-10-25-44(42)52(45-26-11-9-24-43(45)51)46-30-32-49(40-21-7-6-20-39(40)46)53-48-28-13-12-22-41(48)47-33-36(29-31-50(47)53)38-27-14-18-34-15-4-5-19-37(34)38/h1-33H. The number of aromatic nitrogens is 1. The predicted molar refractivity (Wildman–Crippen MR) is 227 cm³/mol. The van der Waals surface area contributed by atoms with Crippen molar-refractivity contribution in [3.8, 4) is 39.1 Å². The molecule has 0 saturated heterocycles. The fourth-order valence-electron chi connectivity index (χ4n) is 8.91. The lowest BCUT2D eigenvalue weighted by molar-refractivity contribution is 1.20. The molecule has 1 heterocycles. The van der Waals surface area contributed by atoms with Gasteiger partial charge in [-0.25, -0.2) is 0 Å². The molecule has 0 amide bonds. The SMILES string of the molecule is c1ccc(-c2c3ccccc3c(-c3ccc(-n4c5ccccc5c5cc(-c6cccc7ccccc67)ccc54)c4ccccc34)c3ccccc23)cc1. The minimum atomic E-state index is 1.18. The molecule has 1 heteroatoms. The number of hydrogen-bond donors (Lipinski definition) is 0. The maximum atomic E-state index is 2.47. The van der Waals surface area contributed by atoms with Crippen LogP contribution in [-0.2, 0) is 0 Å². The number of hydrogen-bond acceptors (Lipinski definition) is 0. The van der Waals surface area contributed by atoms with Crippen LogP contribution in [0.5, 0.6) is 0 Å². The van der Waals surface area contributed by atoms with Gasteiger partial charge in [0.05, 0.1) is 16.7 Å². The van der Waals surface area contributed by atoms with Gasteiger partial charge in [-0.3, -0.25) is 0 Å². The van der Waals surface area contributed by atoms with Gasteiger partial charge in [-0.05, 0) is 95.3 Å². The molecular formula is C52H33N. The van der Waals surface area contributed by atoms with Gasteiger partial charge in [0.2, 0.25) is 0 Å². The Kier molecular flexibility index (Phi) is 6.62.